The second-order valence-corrected chi connectivity index (χ2v) is 5.28. The molecule has 0 aromatic carbocycles. The molecule has 1 rings (SSSR count). The lowest BCUT2D eigenvalue weighted by Gasteiger charge is -2.24. The molecule has 0 aliphatic rings. The van der Waals surface area contributed by atoms with Crippen LogP contribution in [0.1, 0.15) is 25.1 Å². The number of ketones is 1. The summed E-state index contributed by atoms with van der Waals surface area (Å²) in [6, 6.07) is 2.96. The minimum absolute atomic E-state index is 0.240. The number of carbonyl (C=O) groups excluding carboxylic acids is 3. The van der Waals surface area contributed by atoms with E-state index in [0.29, 0.717) is 6.42 Å². The van der Waals surface area contributed by atoms with Crippen molar-refractivity contribution >= 4 is 35.1 Å². The Hall–Kier alpha value is -1.95. The first-order valence-corrected chi connectivity index (χ1v) is 7.58. The number of likely N-dealkylation sites (N-methyl/N-ethyl adjacent to an activating group) is 1. The number of amides is 1. The maximum Gasteiger partial charge on any atom is 0.328 e. The molecular formula is C15H19NO4S. The van der Waals surface area contributed by atoms with Gasteiger partial charge in [0.15, 0.2) is 0 Å². The van der Waals surface area contributed by atoms with E-state index in [4.69, 9.17) is 4.74 Å². The molecule has 21 heavy (non-hydrogen) atoms. The van der Waals surface area contributed by atoms with Gasteiger partial charge in [-0.3, -0.25) is 9.59 Å². The molecule has 0 bridgehead atoms. The topological polar surface area (TPSA) is 63.7 Å². The molecule has 1 aromatic rings. The van der Waals surface area contributed by atoms with Gasteiger partial charge in [-0.1, -0.05) is 13.0 Å². The van der Waals surface area contributed by atoms with Gasteiger partial charge in [0.25, 0.3) is 5.91 Å². The van der Waals surface area contributed by atoms with Gasteiger partial charge in [0.2, 0.25) is 5.78 Å². The zero-order valence-corrected chi connectivity index (χ0v) is 13.2. The third-order valence-corrected chi connectivity index (χ3v) is 3.72. The van der Waals surface area contributed by atoms with Crippen LogP contribution >= 0.6 is 11.3 Å². The summed E-state index contributed by atoms with van der Waals surface area (Å²) in [7, 11) is 1.43. The zero-order chi connectivity index (χ0) is 15.8. The zero-order valence-electron chi connectivity index (χ0n) is 12.4. The van der Waals surface area contributed by atoms with Crippen LogP contribution in [-0.4, -0.2) is 42.3 Å². The van der Waals surface area contributed by atoms with Gasteiger partial charge in [-0.2, -0.15) is 0 Å². The molecule has 0 saturated carbocycles. The Morgan fingerprint density at radius 2 is 2.10 bits per heavy atom. The van der Waals surface area contributed by atoms with Crippen LogP contribution < -0.4 is 0 Å². The van der Waals surface area contributed by atoms with Crippen LogP contribution in [-0.2, 0) is 19.1 Å². The average Bonchev–Trinajstić information content (AvgIpc) is 2.98. The quantitative estimate of drug-likeness (QED) is 0.440. The van der Waals surface area contributed by atoms with Crippen molar-refractivity contribution < 1.29 is 19.1 Å². The van der Waals surface area contributed by atoms with Crippen LogP contribution in [0.3, 0.4) is 0 Å². The van der Waals surface area contributed by atoms with E-state index in [1.54, 1.807) is 19.9 Å². The molecule has 0 radical (unpaired) electrons. The number of carbonyl (C=O) groups is 3. The number of esters is 1. The van der Waals surface area contributed by atoms with Crippen LogP contribution in [0.25, 0.3) is 6.08 Å². The van der Waals surface area contributed by atoms with E-state index >= 15 is 0 Å². The summed E-state index contributed by atoms with van der Waals surface area (Å²) in [4.78, 5) is 37.7. The smallest absolute Gasteiger partial charge is 0.328 e. The Bertz CT molecular complexity index is 522. The SMILES string of the molecule is CCOC(=O)[C@H](CC)N(C)C(=O)C(=O)/C=C/c1cccs1. The molecule has 0 unspecified atom stereocenters. The molecule has 114 valence electrons. The second-order valence-electron chi connectivity index (χ2n) is 4.31. The number of ether oxygens (including phenoxy) is 1. The molecular weight excluding hydrogens is 290 g/mol. The fourth-order valence-electron chi connectivity index (χ4n) is 1.77. The monoisotopic (exact) mass is 309 g/mol. The van der Waals surface area contributed by atoms with E-state index in [-0.39, 0.29) is 6.61 Å². The van der Waals surface area contributed by atoms with Crippen LogP contribution in [0.5, 0.6) is 0 Å². The van der Waals surface area contributed by atoms with Crippen molar-refractivity contribution in [3.05, 3.63) is 28.5 Å². The number of hydrogen-bond donors (Lipinski definition) is 0. The Kier molecular flexibility index (Phi) is 6.81. The highest BCUT2D eigenvalue weighted by molar-refractivity contribution is 7.10. The summed E-state index contributed by atoms with van der Waals surface area (Å²) in [5.41, 5.74) is 0. The molecule has 0 N–H and O–H groups in total. The van der Waals surface area contributed by atoms with Crippen molar-refractivity contribution in [3.63, 3.8) is 0 Å². The molecule has 0 saturated heterocycles. The summed E-state index contributed by atoms with van der Waals surface area (Å²) >= 11 is 1.47. The summed E-state index contributed by atoms with van der Waals surface area (Å²) in [6.07, 6.45) is 3.20. The van der Waals surface area contributed by atoms with E-state index in [1.807, 2.05) is 17.5 Å². The predicted octanol–water partition coefficient (Wildman–Crippen LogP) is 2.13. The second kappa shape index (κ2) is 8.36. The van der Waals surface area contributed by atoms with Crippen molar-refractivity contribution in [1.82, 2.24) is 4.90 Å². The lowest BCUT2D eigenvalue weighted by Crippen LogP contribution is -2.45. The Labute approximate surface area is 128 Å². The third kappa shape index (κ3) is 4.82. The average molecular weight is 309 g/mol. The van der Waals surface area contributed by atoms with Crippen LogP contribution in [0.15, 0.2) is 23.6 Å². The number of thiophene rings is 1. The molecule has 1 atom stereocenters. The highest BCUT2D eigenvalue weighted by Gasteiger charge is 2.28. The van der Waals surface area contributed by atoms with Gasteiger partial charge in [0.05, 0.1) is 6.61 Å². The van der Waals surface area contributed by atoms with Gasteiger partial charge < -0.3 is 9.64 Å². The minimum atomic E-state index is -0.739. The van der Waals surface area contributed by atoms with Gasteiger partial charge in [-0.15, -0.1) is 11.3 Å². The van der Waals surface area contributed by atoms with Crippen molar-refractivity contribution in [3.8, 4) is 0 Å². The van der Waals surface area contributed by atoms with Crippen molar-refractivity contribution in [2.75, 3.05) is 13.7 Å². The van der Waals surface area contributed by atoms with E-state index in [2.05, 4.69) is 0 Å². The molecule has 1 aromatic heterocycles. The molecule has 1 amide bonds. The van der Waals surface area contributed by atoms with Crippen LogP contribution in [0, 0.1) is 0 Å². The maximum absolute atomic E-state index is 12.0. The normalized spacial score (nSPS) is 12.1. The number of hydrogen-bond acceptors (Lipinski definition) is 5. The van der Waals surface area contributed by atoms with Gasteiger partial charge in [-0.25, -0.2) is 4.79 Å². The first-order valence-electron chi connectivity index (χ1n) is 6.70. The van der Waals surface area contributed by atoms with E-state index in [1.165, 1.54) is 24.5 Å². The standard InChI is InChI=1S/C15H19NO4S/c1-4-12(15(19)20-5-2)16(3)14(18)13(17)9-8-11-7-6-10-21-11/h6-10,12H,4-5H2,1-3H3/b9-8+/t12-/m0/s1. The molecule has 0 aliphatic heterocycles. The fraction of sp³-hybridized carbons (Fsp3) is 0.400. The van der Waals surface area contributed by atoms with Crippen LogP contribution in [0.2, 0.25) is 0 Å². The minimum Gasteiger partial charge on any atom is -0.464 e. The van der Waals surface area contributed by atoms with E-state index < -0.39 is 23.7 Å². The molecule has 5 nitrogen and oxygen atoms in total. The predicted molar refractivity (Wildman–Crippen MR) is 81.8 cm³/mol. The first kappa shape index (κ1) is 17.1. The van der Waals surface area contributed by atoms with Gasteiger partial charge in [-0.05, 0) is 36.9 Å². The van der Waals surface area contributed by atoms with Gasteiger partial charge >= 0.3 is 5.97 Å². The van der Waals surface area contributed by atoms with Crippen molar-refractivity contribution in [2.45, 2.75) is 26.3 Å². The maximum atomic E-state index is 12.0. The Balaban J connectivity index is 2.71. The van der Waals surface area contributed by atoms with Gasteiger partial charge in [0.1, 0.15) is 6.04 Å². The molecule has 0 fully saturated rings. The van der Waals surface area contributed by atoms with Crippen molar-refractivity contribution in [2.24, 2.45) is 0 Å². The number of nitrogens with zero attached hydrogens (tertiary/aromatic N) is 1. The third-order valence-electron chi connectivity index (χ3n) is 2.89. The molecule has 6 heteroatoms. The van der Waals surface area contributed by atoms with Gasteiger partial charge in [0, 0.05) is 11.9 Å². The summed E-state index contributed by atoms with van der Waals surface area (Å²) < 4.78 is 4.90. The molecule has 1 heterocycles. The van der Waals surface area contributed by atoms with Crippen LogP contribution in [0.4, 0.5) is 0 Å². The highest BCUT2D eigenvalue weighted by atomic mass is 32.1. The lowest BCUT2D eigenvalue weighted by molar-refractivity contribution is -0.155. The van der Waals surface area contributed by atoms with Crippen molar-refractivity contribution in [1.29, 1.82) is 0 Å². The summed E-state index contributed by atoms with van der Waals surface area (Å²) in [5.74, 6) is -1.87. The Morgan fingerprint density at radius 1 is 1.38 bits per heavy atom. The van der Waals surface area contributed by atoms with E-state index in [9.17, 15) is 14.4 Å². The number of rotatable bonds is 7. The molecule has 0 spiro atoms. The first-order chi connectivity index (χ1) is 10.0. The van der Waals surface area contributed by atoms with E-state index in [0.717, 1.165) is 9.78 Å². The summed E-state index contributed by atoms with van der Waals surface area (Å²) in [5, 5.41) is 1.88. The largest absolute Gasteiger partial charge is 0.464 e. The summed E-state index contributed by atoms with van der Waals surface area (Å²) in [6.45, 7) is 3.70. The highest BCUT2D eigenvalue weighted by Crippen LogP contribution is 2.11. The molecule has 0 aliphatic carbocycles. The Morgan fingerprint density at radius 3 is 2.62 bits per heavy atom. The fourth-order valence-corrected chi connectivity index (χ4v) is 2.39. The lowest BCUT2D eigenvalue weighted by atomic mass is 10.2.